The Morgan fingerprint density at radius 3 is 2.35 bits per heavy atom. The van der Waals surface area contributed by atoms with E-state index < -0.39 is 17.2 Å². The van der Waals surface area contributed by atoms with Crippen molar-refractivity contribution >= 4 is 23.6 Å². The Labute approximate surface area is 224 Å². The van der Waals surface area contributed by atoms with Gasteiger partial charge in [0.05, 0.1) is 45.3 Å². The lowest BCUT2D eigenvalue weighted by molar-refractivity contribution is -0.353. The highest BCUT2D eigenvalue weighted by molar-refractivity contribution is 6.18. The maximum Gasteiger partial charge on any atom is 0.365 e. The number of halogens is 1. The molecular formula is C28H39ClO8. The Morgan fingerprint density at radius 2 is 1.81 bits per heavy atom. The first-order valence-corrected chi connectivity index (χ1v) is 13.0. The van der Waals surface area contributed by atoms with Gasteiger partial charge in [0, 0.05) is 13.2 Å². The summed E-state index contributed by atoms with van der Waals surface area (Å²) in [5.41, 5.74) is 0.456. The Morgan fingerprint density at radius 1 is 1.14 bits per heavy atom. The molecule has 37 heavy (non-hydrogen) atoms. The molecule has 0 spiro atoms. The SMILES string of the molecule is COc1cc(C=CC(=O)OOC2(CCl)CCCC(OC)C2C2(C)OC2CC=C(C)C)cc(OC)c1OC. The summed E-state index contributed by atoms with van der Waals surface area (Å²) in [5, 5.41) is 0. The molecule has 2 fully saturated rings. The zero-order valence-electron chi connectivity index (χ0n) is 22.8. The number of ether oxygens (including phenoxy) is 5. The molecule has 1 aliphatic heterocycles. The fourth-order valence-corrected chi connectivity index (χ4v) is 5.70. The second-order valence-electron chi connectivity index (χ2n) is 9.93. The summed E-state index contributed by atoms with van der Waals surface area (Å²) < 4.78 is 28.1. The molecule has 206 valence electrons. The van der Waals surface area contributed by atoms with Crippen LogP contribution in [0.25, 0.3) is 6.08 Å². The van der Waals surface area contributed by atoms with Gasteiger partial charge in [-0.15, -0.1) is 11.6 Å². The van der Waals surface area contributed by atoms with Crippen LogP contribution in [-0.4, -0.2) is 63.7 Å². The van der Waals surface area contributed by atoms with Gasteiger partial charge in [-0.25, -0.2) is 4.79 Å². The van der Waals surface area contributed by atoms with Crippen molar-refractivity contribution in [3.05, 3.63) is 35.4 Å². The Bertz CT molecular complexity index is 979. The molecule has 2 aliphatic rings. The number of hydrogen-bond acceptors (Lipinski definition) is 8. The van der Waals surface area contributed by atoms with Crippen LogP contribution in [0.4, 0.5) is 0 Å². The van der Waals surface area contributed by atoms with Crippen LogP contribution in [0.2, 0.25) is 0 Å². The largest absolute Gasteiger partial charge is 0.493 e. The number of benzene rings is 1. The van der Waals surface area contributed by atoms with Crippen LogP contribution in [0.5, 0.6) is 17.2 Å². The number of allylic oxidation sites excluding steroid dienone is 1. The third-order valence-electron chi connectivity index (χ3n) is 7.28. The summed E-state index contributed by atoms with van der Waals surface area (Å²) in [7, 11) is 6.27. The van der Waals surface area contributed by atoms with E-state index in [1.807, 2.05) is 0 Å². The minimum atomic E-state index is -0.939. The van der Waals surface area contributed by atoms with Gasteiger partial charge >= 0.3 is 5.97 Å². The van der Waals surface area contributed by atoms with E-state index in [0.29, 0.717) is 29.2 Å². The van der Waals surface area contributed by atoms with Crippen molar-refractivity contribution in [1.82, 2.24) is 0 Å². The molecule has 0 amide bonds. The molecular weight excluding hydrogens is 500 g/mol. The number of carbonyl (C=O) groups is 1. The van der Waals surface area contributed by atoms with Gasteiger partial charge < -0.3 is 23.7 Å². The summed E-state index contributed by atoms with van der Waals surface area (Å²) in [6, 6.07) is 3.45. The number of alkyl halides is 1. The Kier molecular flexibility index (Phi) is 9.92. The molecule has 8 nitrogen and oxygen atoms in total. The summed E-state index contributed by atoms with van der Waals surface area (Å²) in [6.07, 6.45) is 8.01. The van der Waals surface area contributed by atoms with Gasteiger partial charge in [-0.2, -0.15) is 4.89 Å². The average Bonchev–Trinajstić information content (AvgIpc) is 3.58. The highest BCUT2D eigenvalue weighted by Gasteiger charge is 2.67. The van der Waals surface area contributed by atoms with Crippen LogP contribution in [0, 0.1) is 5.92 Å². The quantitative estimate of drug-likeness (QED) is 0.0860. The van der Waals surface area contributed by atoms with Crippen molar-refractivity contribution in [3.8, 4) is 17.2 Å². The number of hydrogen-bond donors (Lipinski definition) is 0. The van der Waals surface area contributed by atoms with Gasteiger partial charge in [-0.3, -0.25) is 4.89 Å². The molecule has 9 heteroatoms. The smallest absolute Gasteiger partial charge is 0.365 e. The predicted octanol–water partition coefficient (Wildman–Crippen LogP) is 5.51. The summed E-state index contributed by atoms with van der Waals surface area (Å²) >= 11 is 6.52. The van der Waals surface area contributed by atoms with Crippen LogP contribution < -0.4 is 14.2 Å². The van der Waals surface area contributed by atoms with Crippen molar-refractivity contribution < 1.29 is 38.3 Å². The van der Waals surface area contributed by atoms with E-state index in [1.165, 1.54) is 33.0 Å². The second kappa shape index (κ2) is 12.5. The molecule has 0 radical (unpaired) electrons. The van der Waals surface area contributed by atoms with Gasteiger partial charge in [0.25, 0.3) is 0 Å². The molecule has 1 aliphatic carbocycles. The van der Waals surface area contributed by atoms with Crippen LogP contribution >= 0.6 is 11.6 Å². The monoisotopic (exact) mass is 538 g/mol. The van der Waals surface area contributed by atoms with E-state index in [9.17, 15) is 4.79 Å². The van der Waals surface area contributed by atoms with Gasteiger partial charge in [0.2, 0.25) is 5.75 Å². The van der Waals surface area contributed by atoms with Crippen molar-refractivity contribution in [2.45, 2.75) is 69.9 Å². The molecule has 1 heterocycles. The molecule has 1 saturated heterocycles. The topological polar surface area (TPSA) is 85.0 Å². The summed E-state index contributed by atoms with van der Waals surface area (Å²) in [5.74, 6) is 0.673. The first kappa shape index (κ1) is 29.3. The highest BCUT2D eigenvalue weighted by Crippen LogP contribution is 2.55. The number of rotatable bonds is 12. The molecule has 1 aromatic carbocycles. The zero-order chi connectivity index (χ0) is 27.2. The second-order valence-corrected chi connectivity index (χ2v) is 10.2. The summed E-state index contributed by atoms with van der Waals surface area (Å²) in [4.78, 5) is 23.9. The third kappa shape index (κ3) is 6.42. The standard InChI is InChI=1S/C28H39ClO8/c1-18(2)10-12-23-27(3,35-23)26-20(31-4)9-8-14-28(26,17-29)37-36-24(30)13-11-19-15-21(32-5)25(34-7)22(16-19)33-6/h10-11,13,15-16,20,23,26H,8-9,12,14,17H2,1-7H3. The lowest BCUT2D eigenvalue weighted by Crippen LogP contribution is -2.57. The first-order chi connectivity index (χ1) is 17.7. The van der Waals surface area contributed by atoms with E-state index in [0.717, 1.165) is 19.3 Å². The van der Waals surface area contributed by atoms with Crippen molar-refractivity contribution in [2.24, 2.45) is 5.92 Å². The third-order valence-corrected chi connectivity index (χ3v) is 7.73. The maximum atomic E-state index is 12.7. The van der Waals surface area contributed by atoms with E-state index in [4.69, 9.17) is 45.1 Å². The molecule has 1 saturated carbocycles. The fourth-order valence-electron chi connectivity index (χ4n) is 5.36. The molecule has 0 N–H and O–H groups in total. The van der Waals surface area contributed by atoms with Crippen LogP contribution in [0.1, 0.15) is 52.0 Å². The van der Waals surface area contributed by atoms with E-state index in [2.05, 4.69) is 26.8 Å². The summed E-state index contributed by atoms with van der Waals surface area (Å²) in [6.45, 7) is 6.19. The Hall–Kier alpha value is -2.26. The fraction of sp³-hybridized carbons (Fsp3) is 0.607. The Balaban J connectivity index is 1.76. The molecule has 5 unspecified atom stereocenters. The highest BCUT2D eigenvalue weighted by atomic mass is 35.5. The van der Waals surface area contributed by atoms with Gasteiger partial charge in [0.15, 0.2) is 11.5 Å². The molecule has 5 atom stereocenters. The molecule has 0 bridgehead atoms. The van der Waals surface area contributed by atoms with E-state index in [-0.39, 0.29) is 24.0 Å². The van der Waals surface area contributed by atoms with Crippen LogP contribution in [0.15, 0.2) is 29.9 Å². The van der Waals surface area contributed by atoms with Gasteiger partial charge in [-0.1, -0.05) is 11.6 Å². The van der Waals surface area contributed by atoms with E-state index >= 15 is 0 Å². The molecule has 3 rings (SSSR count). The minimum Gasteiger partial charge on any atom is -0.493 e. The van der Waals surface area contributed by atoms with Crippen molar-refractivity contribution in [3.63, 3.8) is 0 Å². The normalized spacial score (nSPS) is 29.0. The minimum absolute atomic E-state index is 0.0185. The zero-order valence-corrected chi connectivity index (χ0v) is 23.6. The number of methoxy groups -OCH3 is 4. The average molecular weight is 539 g/mol. The lowest BCUT2D eigenvalue weighted by atomic mass is 9.67. The number of carbonyl (C=O) groups excluding carboxylic acids is 1. The van der Waals surface area contributed by atoms with E-state index in [1.54, 1.807) is 25.3 Å². The van der Waals surface area contributed by atoms with Crippen LogP contribution in [-0.2, 0) is 24.0 Å². The first-order valence-electron chi connectivity index (χ1n) is 12.5. The lowest BCUT2D eigenvalue weighted by Gasteiger charge is -2.46. The number of epoxide rings is 1. The maximum absolute atomic E-state index is 12.7. The van der Waals surface area contributed by atoms with Crippen LogP contribution in [0.3, 0.4) is 0 Å². The molecule has 1 aromatic rings. The van der Waals surface area contributed by atoms with Crippen molar-refractivity contribution in [2.75, 3.05) is 34.3 Å². The van der Waals surface area contributed by atoms with Gasteiger partial charge in [0.1, 0.15) is 11.2 Å². The van der Waals surface area contributed by atoms with Crippen molar-refractivity contribution in [1.29, 1.82) is 0 Å². The predicted molar refractivity (Wildman–Crippen MR) is 141 cm³/mol. The molecule has 0 aromatic heterocycles. The van der Waals surface area contributed by atoms with Gasteiger partial charge in [-0.05, 0) is 70.2 Å².